The van der Waals surface area contributed by atoms with Crippen LogP contribution in [-0.2, 0) is 9.31 Å². The molecule has 1 aliphatic rings. The van der Waals surface area contributed by atoms with Gasteiger partial charge in [-0.05, 0) is 27.7 Å². The van der Waals surface area contributed by atoms with Gasteiger partial charge >= 0.3 is 7.12 Å². The lowest BCUT2D eigenvalue weighted by Gasteiger charge is -2.32. The quantitative estimate of drug-likeness (QED) is 0.355. The van der Waals surface area contributed by atoms with Crippen LogP contribution < -0.4 is 0 Å². The van der Waals surface area contributed by atoms with Gasteiger partial charge in [-0.1, -0.05) is 12.1 Å². The van der Waals surface area contributed by atoms with E-state index in [1.165, 1.54) is 0 Å². The molecule has 0 spiro atoms. The Balaban J connectivity index is 2.33. The first-order valence-corrected chi connectivity index (χ1v) is 6.53. The molecule has 1 saturated heterocycles. The predicted molar refractivity (Wildman–Crippen MR) is 71.3 cm³/mol. The maximum atomic E-state index is 13.5. The van der Waals surface area contributed by atoms with E-state index in [-0.39, 0.29) is 0 Å². The minimum Gasteiger partial charge on any atom is -0.400 e. The molecule has 8 heteroatoms. The van der Waals surface area contributed by atoms with Crippen molar-refractivity contribution in [3.05, 3.63) is 40.6 Å². The van der Waals surface area contributed by atoms with Crippen LogP contribution in [0.15, 0.2) is 5.98 Å². The highest BCUT2D eigenvalue weighted by atomic mass is 19.2. The van der Waals surface area contributed by atoms with E-state index in [9.17, 15) is 22.0 Å². The number of halogens is 5. The van der Waals surface area contributed by atoms with E-state index >= 15 is 0 Å². The molecule has 1 fully saturated rings. The first-order chi connectivity index (χ1) is 9.98. The van der Waals surface area contributed by atoms with Crippen molar-refractivity contribution in [1.82, 2.24) is 0 Å². The van der Waals surface area contributed by atoms with Gasteiger partial charge in [-0.3, -0.25) is 0 Å². The Bertz CT molecular complexity index is 598. The zero-order valence-electron chi connectivity index (χ0n) is 12.4. The van der Waals surface area contributed by atoms with Crippen LogP contribution in [0.1, 0.15) is 33.3 Å². The normalized spacial score (nSPS) is 20.1. The standard InChI is InChI=1S/C14H14BF5O2/c1-13(2)14(3,4)22-15(21-13)6-5-7-8(16)10(18)12(20)11(19)9(7)17/h5-6H,1-4H3/b6-5+. The summed E-state index contributed by atoms with van der Waals surface area (Å²) in [4.78, 5) is 0. The largest absolute Gasteiger partial charge is 0.487 e. The zero-order valence-corrected chi connectivity index (χ0v) is 12.4. The molecule has 0 amide bonds. The molecule has 0 unspecified atom stereocenters. The Labute approximate surface area is 125 Å². The fourth-order valence-electron chi connectivity index (χ4n) is 1.91. The van der Waals surface area contributed by atoms with Crippen molar-refractivity contribution in [3.8, 4) is 0 Å². The van der Waals surface area contributed by atoms with Gasteiger partial charge in [0, 0.05) is 0 Å². The summed E-state index contributed by atoms with van der Waals surface area (Å²) in [6.07, 6.45) is 0.762. The minimum atomic E-state index is -2.19. The van der Waals surface area contributed by atoms with Crippen molar-refractivity contribution in [2.45, 2.75) is 38.9 Å². The lowest BCUT2D eigenvalue weighted by Crippen LogP contribution is -2.41. The Morgan fingerprint density at radius 2 is 1.09 bits per heavy atom. The van der Waals surface area contributed by atoms with Crippen LogP contribution >= 0.6 is 0 Å². The number of hydrogen-bond donors (Lipinski definition) is 0. The molecular weight excluding hydrogens is 306 g/mol. The van der Waals surface area contributed by atoms with E-state index in [1.54, 1.807) is 27.7 Å². The van der Waals surface area contributed by atoms with Gasteiger partial charge in [0.1, 0.15) is 0 Å². The SMILES string of the molecule is CC1(C)OB(/C=C/c2c(F)c(F)c(F)c(F)c2F)OC1(C)C. The fourth-order valence-corrected chi connectivity index (χ4v) is 1.91. The van der Waals surface area contributed by atoms with Crippen LogP contribution in [0.3, 0.4) is 0 Å². The number of benzene rings is 1. The third-order valence-corrected chi connectivity index (χ3v) is 3.94. The summed E-state index contributed by atoms with van der Waals surface area (Å²) in [6, 6.07) is 0. The highest BCUT2D eigenvalue weighted by Crippen LogP contribution is 2.37. The summed E-state index contributed by atoms with van der Waals surface area (Å²) in [5, 5.41) is 0. The summed E-state index contributed by atoms with van der Waals surface area (Å²) in [7, 11) is -0.958. The molecule has 2 rings (SSSR count). The molecule has 22 heavy (non-hydrogen) atoms. The molecule has 0 saturated carbocycles. The van der Waals surface area contributed by atoms with E-state index in [4.69, 9.17) is 9.31 Å². The third kappa shape index (κ3) is 2.65. The second-order valence-electron chi connectivity index (χ2n) is 5.97. The Morgan fingerprint density at radius 3 is 1.50 bits per heavy atom. The van der Waals surface area contributed by atoms with Crippen molar-refractivity contribution in [1.29, 1.82) is 0 Å². The van der Waals surface area contributed by atoms with Gasteiger partial charge in [0.15, 0.2) is 23.3 Å². The smallest absolute Gasteiger partial charge is 0.400 e. The summed E-state index contributed by atoms with van der Waals surface area (Å²) in [5.41, 5.74) is -2.40. The summed E-state index contributed by atoms with van der Waals surface area (Å²) in [6.45, 7) is 7.05. The molecular formula is C14H14BF5O2. The zero-order chi connectivity index (χ0) is 16.9. The molecule has 0 bridgehead atoms. The van der Waals surface area contributed by atoms with Gasteiger partial charge in [0.05, 0.1) is 16.8 Å². The molecule has 0 N–H and O–H groups in total. The fraction of sp³-hybridized carbons (Fsp3) is 0.429. The number of hydrogen-bond acceptors (Lipinski definition) is 2. The van der Waals surface area contributed by atoms with E-state index < -0.39 is 53.0 Å². The molecule has 1 aliphatic heterocycles. The van der Waals surface area contributed by atoms with Gasteiger partial charge in [0.2, 0.25) is 5.82 Å². The predicted octanol–water partition coefficient (Wildman–Crippen LogP) is 4.03. The summed E-state index contributed by atoms with van der Waals surface area (Å²) >= 11 is 0. The minimum absolute atomic E-state index is 0.682. The lowest BCUT2D eigenvalue weighted by molar-refractivity contribution is 0.00578. The Kier molecular flexibility index (Phi) is 4.12. The van der Waals surface area contributed by atoms with Crippen LogP contribution in [0, 0.1) is 29.1 Å². The van der Waals surface area contributed by atoms with Gasteiger partial charge in [-0.25, -0.2) is 22.0 Å². The molecule has 1 aromatic carbocycles. The van der Waals surface area contributed by atoms with Crippen molar-refractivity contribution in [2.75, 3.05) is 0 Å². The Morgan fingerprint density at radius 1 is 0.727 bits per heavy atom. The van der Waals surface area contributed by atoms with Gasteiger partial charge < -0.3 is 9.31 Å². The van der Waals surface area contributed by atoms with Crippen LogP contribution in [0.25, 0.3) is 6.08 Å². The first kappa shape index (κ1) is 17.0. The highest BCUT2D eigenvalue weighted by Gasteiger charge is 2.50. The average molecular weight is 320 g/mol. The van der Waals surface area contributed by atoms with Crippen LogP contribution in [0.2, 0.25) is 0 Å². The summed E-state index contributed by atoms with van der Waals surface area (Å²) < 4.78 is 77.2. The van der Waals surface area contributed by atoms with Crippen LogP contribution in [-0.4, -0.2) is 18.3 Å². The Hall–Kier alpha value is -1.41. The third-order valence-electron chi connectivity index (χ3n) is 3.94. The molecule has 0 atom stereocenters. The first-order valence-electron chi connectivity index (χ1n) is 6.53. The molecule has 0 aliphatic carbocycles. The average Bonchev–Trinajstić information content (AvgIpc) is 2.62. The molecule has 120 valence electrons. The molecule has 1 heterocycles. The van der Waals surface area contributed by atoms with E-state index in [1.807, 2.05) is 0 Å². The highest BCUT2D eigenvalue weighted by molar-refractivity contribution is 6.52. The molecule has 0 radical (unpaired) electrons. The van der Waals surface area contributed by atoms with Crippen LogP contribution in [0.5, 0.6) is 0 Å². The van der Waals surface area contributed by atoms with E-state index in [0.717, 1.165) is 12.1 Å². The molecule has 1 aromatic rings. The number of rotatable bonds is 2. The lowest BCUT2D eigenvalue weighted by atomic mass is 9.89. The van der Waals surface area contributed by atoms with Gasteiger partial charge in [-0.15, -0.1) is 0 Å². The maximum Gasteiger partial charge on any atom is 0.487 e. The maximum absolute atomic E-state index is 13.5. The monoisotopic (exact) mass is 320 g/mol. The van der Waals surface area contributed by atoms with Gasteiger partial charge in [0.25, 0.3) is 0 Å². The molecule has 2 nitrogen and oxygen atoms in total. The molecule has 0 aromatic heterocycles. The second kappa shape index (κ2) is 5.35. The van der Waals surface area contributed by atoms with Crippen molar-refractivity contribution >= 4 is 13.2 Å². The van der Waals surface area contributed by atoms with Crippen molar-refractivity contribution in [2.24, 2.45) is 0 Å². The van der Waals surface area contributed by atoms with Crippen LogP contribution in [0.4, 0.5) is 22.0 Å². The second-order valence-corrected chi connectivity index (χ2v) is 5.97. The van der Waals surface area contributed by atoms with E-state index in [2.05, 4.69) is 0 Å². The summed E-state index contributed by atoms with van der Waals surface area (Å²) in [5.74, 6) is -8.87. The van der Waals surface area contributed by atoms with E-state index in [0.29, 0.717) is 0 Å². The van der Waals surface area contributed by atoms with Gasteiger partial charge in [-0.2, -0.15) is 0 Å². The van der Waals surface area contributed by atoms with Crippen molar-refractivity contribution < 1.29 is 31.3 Å². The van der Waals surface area contributed by atoms with Crippen molar-refractivity contribution in [3.63, 3.8) is 0 Å². The topological polar surface area (TPSA) is 18.5 Å².